The van der Waals surface area contributed by atoms with Gasteiger partial charge in [0.15, 0.2) is 0 Å². The molecule has 0 spiro atoms. The van der Waals surface area contributed by atoms with Crippen molar-refractivity contribution in [2.75, 3.05) is 13.1 Å². The van der Waals surface area contributed by atoms with E-state index in [0.29, 0.717) is 37.9 Å². The van der Waals surface area contributed by atoms with Crippen LogP contribution in [-0.2, 0) is 17.4 Å². The van der Waals surface area contributed by atoms with Gasteiger partial charge >= 0.3 is 6.18 Å². The molecule has 126 valence electrons. The predicted octanol–water partition coefficient (Wildman–Crippen LogP) is 4.68. The van der Waals surface area contributed by atoms with Crippen LogP contribution in [0, 0.1) is 0 Å². The van der Waals surface area contributed by atoms with Crippen molar-refractivity contribution in [2.24, 2.45) is 0 Å². The molecule has 0 saturated heterocycles. The molecule has 0 N–H and O–H groups in total. The van der Waals surface area contributed by atoms with E-state index in [0.717, 1.165) is 23.6 Å². The third-order valence-electron chi connectivity index (χ3n) is 4.27. The number of benzene rings is 1. The highest BCUT2D eigenvalue weighted by molar-refractivity contribution is 5.74. The smallest absolute Gasteiger partial charge is 0.343 e. The van der Waals surface area contributed by atoms with Gasteiger partial charge in [-0.1, -0.05) is 19.1 Å². The second-order valence-electron chi connectivity index (χ2n) is 5.85. The van der Waals surface area contributed by atoms with Crippen molar-refractivity contribution in [1.29, 1.82) is 0 Å². The van der Waals surface area contributed by atoms with Crippen molar-refractivity contribution >= 4 is 11.5 Å². The quantitative estimate of drug-likeness (QED) is 0.773. The molecule has 1 heterocycles. The molecule has 5 heteroatoms. The summed E-state index contributed by atoms with van der Waals surface area (Å²) in [6.07, 6.45) is 0.500. The fourth-order valence-electron chi connectivity index (χ4n) is 2.99. The monoisotopic (exact) mass is 325 g/mol. The van der Waals surface area contributed by atoms with Gasteiger partial charge in [-0.25, -0.2) is 0 Å². The standard InChI is InChI=1S/C18H22F3NO/c1-3-14-8-9-16(18(19,20)21)12-17(14)15-6-4-10-22(13(2)23)11-5-7-15/h6,8-9,12H,3-5,7,10-11H2,1-2H3/b15-6-. The van der Waals surface area contributed by atoms with Crippen molar-refractivity contribution < 1.29 is 18.0 Å². The van der Waals surface area contributed by atoms with Crippen molar-refractivity contribution in [3.05, 3.63) is 41.0 Å². The number of allylic oxidation sites excluding steroid dienone is 1. The number of hydrogen-bond acceptors (Lipinski definition) is 1. The summed E-state index contributed by atoms with van der Waals surface area (Å²) in [5, 5.41) is 0. The summed E-state index contributed by atoms with van der Waals surface area (Å²) in [4.78, 5) is 13.2. The Labute approximate surface area is 135 Å². The van der Waals surface area contributed by atoms with Crippen LogP contribution in [0.3, 0.4) is 0 Å². The Balaban J connectivity index is 2.32. The van der Waals surface area contributed by atoms with Crippen LogP contribution in [0.2, 0.25) is 0 Å². The van der Waals surface area contributed by atoms with Gasteiger partial charge in [0, 0.05) is 20.0 Å². The second-order valence-corrected chi connectivity index (χ2v) is 5.85. The maximum absolute atomic E-state index is 13.0. The number of amides is 1. The van der Waals surface area contributed by atoms with E-state index in [2.05, 4.69) is 0 Å². The van der Waals surface area contributed by atoms with Crippen molar-refractivity contribution in [3.8, 4) is 0 Å². The minimum Gasteiger partial charge on any atom is -0.343 e. The number of aryl methyl sites for hydroxylation is 1. The number of carbonyl (C=O) groups is 1. The summed E-state index contributed by atoms with van der Waals surface area (Å²) in [5.41, 5.74) is 2.01. The van der Waals surface area contributed by atoms with Gasteiger partial charge in [0.05, 0.1) is 5.56 Å². The Kier molecular flexibility index (Phi) is 5.50. The Morgan fingerprint density at radius 1 is 1.26 bits per heavy atom. The van der Waals surface area contributed by atoms with Crippen LogP contribution in [-0.4, -0.2) is 23.9 Å². The normalized spacial score (nSPS) is 18.8. The number of nitrogens with zero attached hydrogens (tertiary/aromatic N) is 1. The van der Waals surface area contributed by atoms with E-state index in [1.807, 2.05) is 13.0 Å². The molecule has 1 aromatic carbocycles. The SMILES string of the molecule is CCc1ccc(C(F)(F)F)cc1/C1=C\CCN(C(C)=O)CCC1. The van der Waals surface area contributed by atoms with Crippen molar-refractivity contribution in [1.82, 2.24) is 4.90 Å². The summed E-state index contributed by atoms with van der Waals surface area (Å²) in [7, 11) is 0. The molecule has 1 aliphatic heterocycles. The Morgan fingerprint density at radius 3 is 2.61 bits per heavy atom. The highest BCUT2D eigenvalue weighted by atomic mass is 19.4. The molecule has 1 aliphatic rings. The van der Waals surface area contributed by atoms with Crippen molar-refractivity contribution in [3.63, 3.8) is 0 Å². The Hall–Kier alpha value is -1.78. The van der Waals surface area contributed by atoms with Crippen LogP contribution in [0.5, 0.6) is 0 Å². The molecule has 0 unspecified atom stereocenters. The van der Waals surface area contributed by atoms with Gasteiger partial charge in [0.2, 0.25) is 5.91 Å². The van der Waals surface area contributed by atoms with Gasteiger partial charge in [-0.2, -0.15) is 13.2 Å². The first kappa shape index (κ1) is 17.6. The molecule has 0 saturated carbocycles. The molecular formula is C18H22F3NO. The summed E-state index contributed by atoms with van der Waals surface area (Å²) in [6, 6.07) is 4.01. The molecule has 1 aromatic rings. The molecule has 1 amide bonds. The lowest BCUT2D eigenvalue weighted by Gasteiger charge is -2.24. The molecule has 0 aliphatic carbocycles. The van der Waals surface area contributed by atoms with Crippen LogP contribution < -0.4 is 0 Å². The zero-order valence-electron chi connectivity index (χ0n) is 13.5. The number of hydrogen-bond donors (Lipinski definition) is 0. The zero-order chi connectivity index (χ0) is 17.0. The van der Waals surface area contributed by atoms with Gasteiger partial charge in [-0.15, -0.1) is 0 Å². The summed E-state index contributed by atoms with van der Waals surface area (Å²) < 4.78 is 39.0. The number of alkyl halides is 3. The number of halogens is 3. The fraction of sp³-hybridized carbons (Fsp3) is 0.500. The lowest BCUT2D eigenvalue weighted by molar-refractivity contribution is -0.137. The van der Waals surface area contributed by atoms with Crippen molar-refractivity contribution in [2.45, 2.75) is 45.7 Å². The average molecular weight is 325 g/mol. The topological polar surface area (TPSA) is 20.3 Å². The van der Waals surface area contributed by atoms with E-state index in [-0.39, 0.29) is 5.91 Å². The van der Waals surface area contributed by atoms with Gasteiger partial charge < -0.3 is 4.90 Å². The first-order valence-electron chi connectivity index (χ1n) is 7.98. The molecule has 2 nitrogen and oxygen atoms in total. The van der Waals surface area contributed by atoms with Crippen LogP contribution >= 0.6 is 0 Å². The van der Waals surface area contributed by atoms with E-state index in [4.69, 9.17) is 0 Å². The van der Waals surface area contributed by atoms with Crippen LogP contribution in [0.4, 0.5) is 13.2 Å². The maximum atomic E-state index is 13.0. The number of rotatable bonds is 2. The molecule has 0 radical (unpaired) electrons. The average Bonchev–Trinajstić information content (AvgIpc) is 2.45. The van der Waals surface area contributed by atoms with E-state index < -0.39 is 11.7 Å². The molecular weight excluding hydrogens is 303 g/mol. The highest BCUT2D eigenvalue weighted by Gasteiger charge is 2.31. The van der Waals surface area contributed by atoms with Gasteiger partial charge in [-0.3, -0.25) is 4.79 Å². The highest BCUT2D eigenvalue weighted by Crippen LogP contribution is 2.34. The minimum atomic E-state index is -4.32. The zero-order valence-corrected chi connectivity index (χ0v) is 13.5. The van der Waals surface area contributed by atoms with Crippen LogP contribution in [0.15, 0.2) is 24.3 Å². The first-order chi connectivity index (χ1) is 10.8. The van der Waals surface area contributed by atoms with Gasteiger partial charge in [0.25, 0.3) is 0 Å². The summed E-state index contributed by atoms with van der Waals surface area (Å²) >= 11 is 0. The molecule has 2 rings (SSSR count). The lowest BCUT2D eigenvalue weighted by atomic mass is 9.91. The lowest BCUT2D eigenvalue weighted by Crippen LogP contribution is -2.31. The molecule has 23 heavy (non-hydrogen) atoms. The molecule has 0 aromatic heterocycles. The first-order valence-corrected chi connectivity index (χ1v) is 7.98. The summed E-state index contributed by atoms with van der Waals surface area (Å²) in [6.45, 7) is 4.79. The second kappa shape index (κ2) is 7.20. The third-order valence-corrected chi connectivity index (χ3v) is 4.27. The molecule has 0 atom stereocenters. The number of carbonyl (C=O) groups excluding carboxylic acids is 1. The predicted molar refractivity (Wildman–Crippen MR) is 84.9 cm³/mol. The molecule has 0 bridgehead atoms. The van der Waals surface area contributed by atoms with E-state index >= 15 is 0 Å². The van der Waals surface area contributed by atoms with Gasteiger partial charge in [0.1, 0.15) is 0 Å². The van der Waals surface area contributed by atoms with E-state index in [1.54, 1.807) is 17.9 Å². The summed E-state index contributed by atoms with van der Waals surface area (Å²) in [5.74, 6) is 0.0511. The van der Waals surface area contributed by atoms with Gasteiger partial charge in [-0.05, 0) is 54.5 Å². The van der Waals surface area contributed by atoms with E-state index in [1.165, 1.54) is 6.07 Å². The van der Waals surface area contributed by atoms with E-state index in [9.17, 15) is 18.0 Å². The maximum Gasteiger partial charge on any atom is 0.416 e. The Morgan fingerprint density at radius 2 is 2.00 bits per heavy atom. The third kappa shape index (κ3) is 4.36. The van der Waals surface area contributed by atoms with Crippen LogP contribution in [0.1, 0.15) is 49.8 Å². The van der Waals surface area contributed by atoms with Crippen LogP contribution in [0.25, 0.3) is 5.57 Å². The largest absolute Gasteiger partial charge is 0.416 e. The molecule has 0 fully saturated rings. The fourth-order valence-corrected chi connectivity index (χ4v) is 2.99. The Bertz CT molecular complexity index is 605. The minimum absolute atomic E-state index is 0.0511.